The van der Waals surface area contributed by atoms with Crippen molar-refractivity contribution in [3.05, 3.63) is 52.3 Å². The molecule has 2 aromatic carbocycles. The molecule has 0 aliphatic heterocycles. The first-order valence-electron chi connectivity index (χ1n) is 10.6. The SMILES string of the molecule is Cc1cccc(Cl)c1Nc1nc2cc(C(=O)NC3CCC(C(F)(F)F)CC3)c(F)cc2n1C. The van der Waals surface area contributed by atoms with Gasteiger partial charge in [0.25, 0.3) is 5.91 Å². The van der Waals surface area contributed by atoms with E-state index in [4.69, 9.17) is 11.6 Å². The molecule has 1 heterocycles. The summed E-state index contributed by atoms with van der Waals surface area (Å²) >= 11 is 6.27. The number of nitrogens with one attached hydrogen (secondary N) is 2. The summed E-state index contributed by atoms with van der Waals surface area (Å²) in [7, 11) is 1.71. The van der Waals surface area contributed by atoms with E-state index in [1.165, 1.54) is 12.1 Å². The number of benzene rings is 2. The molecule has 0 saturated heterocycles. The van der Waals surface area contributed by atoms with E-state index in [-0.39, 0.29) is 31.2 Å². The van der Waals surface area contributed by atoms with Gasteiger partial charge in [-0.3, -0.25) is 4.79 Å². The highest BCUT2D eigenvalue weighted by Gasteiger charge is 2.41. The van der Waals surface area contributed by atoms with Crippen LogP contribution in [0, 0.1) is 18.7 Å². The summed E-state index contributed by atoms with van der Waals surface area (Å²) < 4.78 is 55.0. The zero-order chi connectivity index (χ0) is 23.9. The molecule has 5 nitrogen and oxygen atoms in total. The van der Waals surface area contributed by atoms with E-state index >= 15 is 0 Å². The fraction of sp³-hybridized carbons (Fsp3) is 0.391. The van der Waals surface area contributed by atoms with Gasteiger partial charge in [-0.05, 0) is 50.3 Å². The number of fused-ring (bicyclic) bond motifs is 1. The summed E-state index contributed by atoms with van der Waals surface area (Å²) in [6.45, 7) is 1.89. The fourth-order valence-electron chi connectivity index (χ4n) is 4.23. The third-order valence-corrected chi connectivity index (χ3v) is 6.51. The zero-order valence-corrected chi connectivity index (χ0v) is 18.8. The van der Waals surface area contributed by atoms with E-state index in [0.717, 1.165) is 5.56 Å². The lowest BCUT2D eigenvalue weighted by Crippen LogP contribution is -2.40. The number of carbonyl (C=O) groups is 1. The molecule has 176 valence electrons. The molecule has 10 heteroatoms. The highest BCUT2D eigenvalue weighted by Crippen LogP contribution is 2.37. The summed E-state index contributed by atoms with van der Waals surface area (Å²) in [4.78, 5) is 17.2. The van der Waals surface area contributed by atoms with Gasteiger partial charge >= 0.3 is 6.18 Å². The van der Waals surface area contributed by atoms with Crippen LogP contribution in [0.4, 0.5) is 29.2 Å². The number of halogens is 5. The van der Waals surface area contributed by atoms with Crippen molar-refractivity contribution in [2.24, 2.45) is 13.0 Å². The number of nitrogens with zero attached hydrogens (tertiary/aromatic N) is 2. The quantitative estimate of drug-likeness (QED) is 0.431. The molecule has 1 saturated carbocycles. The van der Waals surface area contributed by atoms with E-state index in [1.54, 1.807) is 17.7 Å². The van der Waals surface area contributed by atoms with Gasteiger partial charge in [0.15, 0.2) is 0 Å². The Morgan fingerprint density at radius 2 is 1.88 bits per heavy atom. The first-order valence-corrected chi connectivity index (χ1v) is 11.0. The Balaban J connectivity index is 1.54. The largest absolute Gasteiger partial charge is 0.391 e. The van der Waals surface area contributed by atoms with Crippen LogP contribution in [0.15, 0.2) is 30.3 Å². The number of aromatic nitrogens is 2. The van der Waals surface area contributed by atoms with Crippen molar-refractivity contribution in [2.75, 3.05) is 5.32 Å². The summed E-state index contributed by atoms with van der Waals surface area (Å²) in [6, 6.07) is 7.61. The zero-order valence-electron chi connectivity index (χ0n) is 18.1. The Morgan fingerprint density at radius 1 is 1.18 bits per heavy atom. The molecule has 1 aliphatic carbocycles. The standard InChI is InChI=1S/C23H23ClF4N4O/c1-12-4-3-5-16(24)20(12)31-22-30-18-10-15(17(25)11-19(18)32(22)2)21(33)29-14-8-6-13(7-9-14)23(26,27)28/h3-5,10-11,13-14H,6-9H2,1-2H3,(H,29,33)(H,30,31). The lowest BCUT2D eigenvalue weighted by atomic mass is 9.85. The lowest BCUT2D eigenvalue weighted by molar-refractivity contribution is -0.182. The third kappa shape index (κ3) is 4.78. The summed E-state index contributed by atoms with van der Waals surface area (Å²) in [5, 5.41) is 6.34. The van der Waals surface area contributed by atoms with Gasteiger partial charge in [-0.1, -0.05) is 23.7 Å². The number of hydrogen-bond acceptors (Lipinski definition) is 3. The number of carbonyl (C=O) groups excluding carboxylic acids is 1. The molecule has 0 spiro atoms. The van der Waals surface area contributed by atoms with Gasteiger partial charge in [0.2, 0.25) is 5.95 Å². The number of para-hydroxylation sites is 1. The van der Waals surface area contributed by atoms with Gasteiger partial charge in [-0.25, -0.2) is 9.37 Å². The maximum absolute atomic E-state index is 14.8. The highest BCUT2D eigenvalue weighted by atomic mass is 35.5. The van der Waals surface area contributed by atoms with E-state index < -0.39 is 29.9 Å². The van der Waals surface area contributed by atoms with Crippen molar-refractivity contribution in [3.8, 4) is 0 Å². The lowest BCUT2D eigenvalue weighted by Gasteiger charge is -2.30. The number of imidazole rings is 1. The smallest absolute Gasteiger partial charge is 0.349 e. The molecule has 1 aliphatic rings. The molecule has 0 unspecified atom stereocenters. The first kappa shape index (κ1) is 23.4. The van der Waals surface area contributed by atoms with Crippen molar-refractivity contribution in [3.63, 3.8) is 0 Å². The Morgan fingerprint density at radius 3 is 2.52 bits per heavy atom. The minimum atomic E-state index is -4.22. The fourth-order valence-corrected chi connectivity index (χ4v) is 4.50. The minimum absolute atomic E-state index is 0.0489. The van der Waals surface area contributed by atoms with E-state index in [1.807, 2.05) is 19.1 Å². The van der Waals surface area contributed by atoms with Gasteiger partial charge in [0.1, 0.15) is 5.82 Å². The van der Waals surface area contributed by atoms with Crippen molar-refractivity contribution >= 4 is 40.2 Å². The van der Waals surface area contributed by atoms with Crippen LogP contribution in [-0.4, -0.2) is 27.7 Å². The molecule has 1 amide bonds. The van der Waals surface area contributed by atoms with Crippen molar-refractivity contribution < 1.29 is 22.4 Å². The van der Waals surface area contributed by atoms with Crippen LogP contribution >= 0.6 is 11.6 Å². The van der Waals surface area contributed by atoms with Crippen LogP contribution in [0.5, 0.6) is 0 Å². The Kier molecular flexibility index (Phi) is 6.26. The number of alkyl halides is 3. The highest BCUT2D eigenvalue weighted by molar-refractivity contribution is 6.33. The molecule has 0 radical (unpaired) electrons. The van der Waals surface area contributed by atoms with Crippen LogP contribution < -0.4 is 10.6 Å². The van der Waals surface area contributed by atoms with Gasteiger partial charge in [-0.2, -0.15) is 13.2 Å². The molecule has 2 N–H and O–H groups in total. The maximum atomic E-state index is 14.8. The number of amides is 1. The van der Waals surface area contributed by atoms with Crippen LogP contribution in [0.1, 0.15) is 41.6 Å². The van der Waals surface area contributed by atoms with Crippen molar-refractivity contribution in [1.29, 1.82) is 0 Å². The predicted molar refractivity (Wildman–Crippen MR) is 119 cm³/mol. The van der Waals surface area contributed by atoms with Crippen LogP contribution in [-0.2, 0) is 7.05 Å². The number of rotatable bonds is 4. The number of hydrogen-bond donors (Lipinski definition) is 2. The average Bonchev–Trinajstić information content (AvgIpc) is 3.04. The molecule has 4 rings (SSSR count). The Labute approximate surface area is 193 Å². The molecular weight excluding hydrogens is 460 g/mol. The summed E-state index contributed by atoms with van der Waals surface area (Å²) in [5.74, 6) is -2.32. The second kappa shape index (κ2) is 8.85. The molecule has 0 bridgehead atoms. The topological polar surface area (TPSA) is 59.0 Å². The second-order valence-electron chi connectivity index (χ2n) is 8.44. The summed E-state index contributed by atoms with van der Waals surface area (Å²) in [5.41, 5.74) is 2.25. The first-order chi connectivity index (χ1) is 15.5. The number of anilines is 2. The van der Waals surface area contributed by atoms with Crippen molar-refractivity contribution in [1.82, 2.24) is 14.9 Å². The van der Waals surface area contributed by atoms with Gasteiger partial charge in [-0.15, -0.1) is 0 Å². The van der Waals surface area contributed by atoms with Crippen LogP contribution in [0.3, 0.4) is 0 Å². The molecule has 1 fully saturated rings. The van der Waals surface area contributed by atoms with Gasteiger partial charge in [0, 0.05) is 19.2 Å². The Bertz CT molecular complexity index is 1180. The van der Waals surface area contributed by atoms with Crippen LogP contribution in [0.25, 0.3) is 11.0 Å². The third-order valence-electron chi connectivity index (χ3n) is 6.20. The Hall–Kier alpha value is -2.81. The molecule has 3 aromatic rings. The second-order valence-corrected chi connectivity index (χ2v) is 8.84. The van der Waals surface area contributed by atoms with E-state index in [0.29, 0.717) is 27.7 Å². The van der Waals surface area contributed by atoms with Crippen molar-refractivity contribution in [2.45, 2.75) is 44.8 Å². The van der Waals surface area contributed by atoms with Gasteiger partial charge in [0.05, 0.1) is 33.2 Å². The number of aryl methyl sites for hydroxylation is 2. The normalized spacial score (nSPS) is 19.0. The molecule has 1 aromatic heterocycles. The summed E-state index contributed by atoms with van der Waals surface area (Å²) in [6.07, 6.45) is -3.91. The monoisotopic (exact) mass is 482 g/mol. The average molecular weight is 483 g/mol. The minimum Gasteiger partial charge on any atom is -0.349 e. The van der Waals surface area contributed by atoms with Crippen LogP contribution in [0.2, 0.25) is 5.02 Å². The molecule has 0 atom stereocenters. The van der Waals surface area contributed by atoms with Gasteiger partial charge < -0.3 is 15.2 Å². The molecular formula is C23H23ClF4N4O. The van der Waals surface area contributed by atoms with E-state index in [2.05, 4.69) is 15.6 Å². The molecule has 33 heavy (non-hydrogen) atoms. The van der Waals surface area contributed by atoms with E-state index in [9.17, 15) is 22.4 Å². The maximum Gasteiger partial charge on any atom is 0.391 e. The predicted octanol–water partition coefficient (Wildman–Crippen LogP) is 6.27.